The number of hydrogen-bond donors (Lipinski definition) is 0. The molecule has 0 bridgehead atoms. The van der Waals surface area contributed by atoms with Crippen LogP contribution in [0.25, 0.3) is 17.4 Å². The van der Waals surface area contributed by atoms with Crippen LogP contribution < -0.4 is 0 Å². The molecule has 0 N–H and O–H groups in total. The topological polar surface area (TPSA) is 57.2 Å². The minimum Gasteiger partial charge on any atom is -0.457 e. The Labute approximate surface area is 145 Å². The largest absolute Gasteiger partial charge is 0.457 e. The van der Waals surface area contributed by atoms with Gasteiger partial charge in [-0.05, 0) is 43.5 Å². The van der Waals surface area contributed by atoms with Crippen LogP contribution in [0.4, 0.5) is 0 Å². The lowest BCUT2D eigenvalue weighted by Gasteiger charge is -2.26. The average Bonchev–Trinajstić information content (AvgIpc) is 3.08. The lowest BCUT2D eigenvalue weighted by molar-refractivity contribution is -0.127. The minimum absolute atomic E-state index is 0.0944. The summed E-state index contributed by atoms with van der Waals surface area (Å²) in [4.78, 5) is 14.2. The van der Waals surface area contributed by atoms with Crippen LogP contribution in [0.15, 0.2) is 46.4 Å². The number of carbonyl (C=O) groups excluding carboxylic acids is 1. The summed E-state index contributed by atoms with van der Waals surface area (Å²) in [5.74, 6) is 0.842. The van der Waals surface area contributed by atoms with E-state index in [0.717, 1.165) is 24.8 Å². The van der Waals surface area contributed by atoms with Crippen LogP contribution in [0.5, 0.6) is 0 Å². The molecular formula is C19H17ClN2O2. The Morgan fingerprint density at radius 3 is 2.62 bits per heavy atom. The first-order chi connectivity index (χ1) is 11.7. The number of hydrogen-bond acceptors (Lipinski definition) is 3. The van der Waals surface area contributed by atoms with E-state index in [9.17, 15) is 10.1 Å². The van der Waals surface area contributed by atoms with Crippen molar-refractivity contribution in [2.75, 3.05) is 13.1 Å². The van der Waals surface area contributed by atoms with E-state index in [2.05, 4.69) is 0 Å². The van der Waals surface area contributed by atoms with Crippen LogP contribution in [0.2, 0.25) is 5.02 Å². The normalized spacial score (nSPS) is 15.2. The van der Waals surface area contributed by atoms with Crippen molar-refractivity contribution in [1.82, 2.24) is 4.90 Å². The van der Waals surface area contributed by atoms with Gasteiger partial charge >= 0.3 is 0 Å². The Morgan fingerprint density at radius 1 is 1.17 bits per heavy atom. The lowest BCUT2D eigenvalue weighted by atomic mass is 10.1. The molecular weight excluding hydrogens is 324 g/mol. The molecule has 0 unspecified atom stereocenters. The predicted octanol–water partition coefficient (Wildman–Crippen LogP) is 4.52. The molecule has 3 rings (SSSR count). The van der Waals surface area contributed by atoms with E-state index in [1.807, 2.05) is 24.3 Å². The van der Waals surface area contributed by atoms with E-state index in [1.165, 1.54) is 6.08 Å². The third kappa shape index (κ3) is 3.52. The van der Waals surface area contributed by atoms with Gasteiger partial charge in [-0.1, -0.05) is 23.7 Å². The molecule has 122 valence electrons. The van der Waals surface area contributed by atoms with Crippen molar-refractivity contribution < 1.29 is 9.21 Å². The minimum atomic E-state index is -0.229. The van der Waals surface area contributed by atoms with Gasteiger partial charge in [-0.15, -0.1) is 0 Å². The molecule has 0 saturated carbocycles. The first-order valence-corrected chi connectivity index (χ1v) is 8.32. The molecule has 0 radical (unpaired) electrons. The number of furan rings is 1. The third-order valence-corrected chi connectivity index (χ3v) is 4.38. The fraction of sp³-hybridized carbons (Fsp3) is 0.263. The maximum Gasteiger partial charge on any atom is 0.264 e. The molecule has 1 aliphatic rings. The van der Waals surface area contributed by atoms with Gasteiger partial charge in [-0.25, -0.2) is 0 Å². The van der Waals surface area contributed by atoms with Gasteiger partial charge in [0.15, 0.2) is 0 Å². The van der Waals surface area contributed by atoms with Gasteiger partial charge in [0.2, 0.25) is 0 Å². The van der Waals surface area contributed by atoms with Crippen LogP contribution in [0.1, 0.15) is 25.0 Å². The second-order valence-corrected chi connectivity index (χ2v) is 6.11. The van der Waals surface area contributed by atoms with Crippen LogP contribution in [-0.2, 0) is 4.79 Å². The Hall–Kier alpha value is -2.51. The van der Waals surface area contributed by atoms with Crippen LogP contribution in [0, 0.1) is 11.3 Å². The SMILES string of the molecule is N#C/C(=C\c1ccc(-c2ccccc2Cl)o1)C(=O)N1CCCCC1. The average molecular weight is 341 g/mol. The van der Waals surface area contributed by atoms with Crippen molar-refractivity contribution >= 4 is 23.6 Å². The number of carbonyl (C=O) groups is 1. The monoisotopic (exact) mass is 340 g/mol. The second kappa shape index (κ2) is 7.37. The summed E-state index contributed by atoms with van der Waals surface area (Å²) in [7, 11) is 0. The molecule has 2 aromatic rings. The molecule has 24 heavy (non-hydrogen) atoms. The first-order valence-electron chi connectivity index (χ1n) is 7.95. The molecule has 5 heteroatoms. The zero-order chi connectivity index (χ0) is 16.9. The number of nitriles is 1. The van der Waals surface area contributed by atoms with Crippen molar-refractivity contribution in [1.29, 1.82) is 5.26 Å². The zero-order valence-corrected chi connectivity index (χ0v) is 13.9. The molecule has 4 nitrogen and oxygen atoms in total. The Bertz CT molecular complexity index is 811. The molecule has 0 aliphatic carbocycles. The van der Waals surface area contributed by atoms with Gasteiger partial charge in [0.1, 0.15) is 23.2 Å². The fourth-order valence-electron chi connectivity index (χ4n) is 2.79. The number of benzene rings is 1. The Balaban J connectivity index is 1.83. The van der Waals surface area contributed by atoms with E-state index < -0.39 is 0 Å². The second-order valence-electron chi connectivity index (χ2n) is 5.70. The number of nitrogens with zero attached hydrogens (tertiary/aromatic N) is 2. The van der Waals surface area contributed by atoms with E-state index in [-0.39, 0.29) is 11.5 Å². The lowest BCUT2D eigenvalue weighted by Crippen LogP contribution is -2.36. The molecule has 1 aliphatic heterocycles. The number of likely N-dealkylation sites (tertiary alicyclic amines) is 1. The molecule has 1 aromatic carbocycles. The van der Waals surface area contributed by atoms with Gasteiger partial charge in [0.25, 0.3) is 5.91 Å². The van der Waals surface area contributed by atoms with Gasteiger partial charge in [-0.3, -0.25) is 4.79 Å². The van der Waals surface area contributed by atoms with Crippen molar-refractivity contribution in [2.45, 2.75) is 19.3 Å². The fourth-order valence-corrected chi connectivity index (χ4v) is 3.02. The van der Waals surface area contributed by atoms with Crippen molar-refractivity contribution in [3.8, 4) is 17.4 Å². The predicted molar refractivity (Wildman–Crippen MR) is 93.2 cm³/mol. The molecule has 1 fully saturated rings. The highest BCUT2D eigenvalue weighted by molar-refractivity contribution is 6.33. The standard InChI is InChI=1S/C19H17ClN2O2/c20-17-7-3-2-6-16(17)18-9-8-15(24-18)12-14(13-21)19(23)22-10-4-1-5-11-22/h2-3,6-9,12H,1,4-5,10-11H2/b14-12+. The highest BCUT2D eigenvalue weighted by Gasteiger charge is 2.20. The van der Waals surface area contributed by atoms with E-state index >= 15 is 0 Å². The molecule has 1 saturated heterocycles. The summed E-state index contributed by atoms with van der Waals surface area (Å²) in [5, 5.41) is 9.92. The Morgan fingerprint density at radius 2 is 1.92 bits per heavy atom. The number of amides is 1. The third-order valence-electron chi connectivity index (χ3n) is 4.05. The highest BCUT2D eigenvalue weighted by atomic mass is 35.5. The molecule has 1 aromatic heterocycles. The number of rotatable bonds is 3. The van der Waals surface area contributed by atoms with E-state index in [1.54, 1.807) is 23.1 Å². The highest BCUT2D eigenvalue weighted by Crippen LogP contribution is 2.29. The maximum absolute atomic E-state index is 12.4. The molecule has 0 atom stereocenters. The summed E-state index contributed by atoms with van der Waals surface area (Å²) in [6, 6.07) is 12.9. The van der Waals surface area contributed by atoms with Crippen LogP contribution in [-0.4, -0.2) is 23.9 Å². The summed E-state index contributed by atoms with van der Waals surface area (Å²) in [5.41, 5.74) is 0.872. The summed E-state index contributed by atoms with van der Waals surface area (Å²) >= 11 is 6.16. The van der Waals surface area contributed by atoms with Crippen LogP contribution in [0.3, 0.4) is 0 Å². The summed E-state index contributed by atoms with van der Waals surface area (Å²) < 4.78 is 5.74. The number of halogens is 1. The van der Waals surface area contributed by atoms with Gasteiger partial charge in [-0.2, -0.15) is 5.26 Å². The Kier molecular flexibility index (Phi) is 5.02. The van der Waals surface area contributed by atoms with Crippen molar-refractivity contribution in [3.63, 3.8) is 0 Å². The summed E-state index contributed by atoms with van der Waals surface area (Å²) in [6.07, 6.45) is 4.61. The van der Waals surface area contributed by atoms with E-state index in [0.29, 0.717) is 29.6 Å². The molecule has 2 heterocycles. The quantitative estimate of drug-likeness (QED) is 0.609. The first kappa shape index (κ1) is 16.4. The van der Waals surface area contributed by atoms with Gasteiger partial charge in [0.05, 0.1) is 5.02 Å². The smallest absolute Gasteiger partial charge is 0.264 e. The molecule has 0 spiro atoms. The molecule has 1 amide bonds. The van der Waals surface area contributed by atoms with Crippen LogP contribution >= 0.6 is 11.6 Å². The van der Waals surface area contributed by atoms with Gasteiger partial charge in [0, 0.05) is 24.7 Å². The number of piperidine rings is 1. The van der Waals surface area contributed by atoms with Crippen molar-refractivity contribution in [2.24, 2.45) is 0 Å². The summed E-state index contributed by atoms with van der Waals surface area (Å²) in [6.45, 7) is 1.42. The maximum atomic E-state index is 12.4. The zero-order valence-electron chi connectivity index (χ0n) is 13.2. The van der Waals surface area contributed by atoms with Gasteiger partial charge < -0.3 is 9.32 Å². The van der Waals surface area contributed by atoms with E-state index in [4.69, 9.17) is 16.0 Å². The van der Waals surface area contributed by atoms with Crippen molar-refractivity contribution in [3.05, 3.63) is 52.8 Å².